The van der Waals surface area contributed by atoms with E-state index in [0.29, 0.717) is 4.88 Å². The van der Waals surface area contributed by atoms with E-state index < -0.39 is 18.2 Å². The minimum Gasteiger partial charge on any atom is -0.381 e. The first kappa shape index (κ1) is 15.4. The number of hydrogen-bond acceptors (Lipinski definition) is 2. The Hall–Kier alpha value is -0.690. The lowest BCUT2D eigenvalue weighted by Crippen LogP contribution is -2.41. The smallest absolute Gasteiger partial charge is 0.381 e. The Morgan fingerprint density at radius 3 is 1.89 bits per heavy atom. The molecule has 18 heavy (non-hydrogen) atoms. The van der Waals surface area contributed by atoms with Crippen LogP contribution in [0, 0.1) is 0 Å². The highest BCUT2D eigenvalue weighted by atomic mass is 32.1. The first-order chi connectivity index (χ1) is 7.87. The molecule has 0 aliphatic heterocycles. The normalized spacial score (nSPS) is 15.8. The molecule has 1 rings (SSSR count). The molecule has 0 aliphatic rings. The summed E-state index contributed by atoms with van der Waals surface area (Å²) in [5.41, 5.74) is -0.365. The average Bonchev–Trinajstić information content (AvgIpc) is 2.62. The van der Waals surface area contributed by atoms with Gasteiger partial charge in [0.1, 0.15) is 0 Å². The van der Waals surface area contributed by atoms with Crippen molar-refractivity contribution >= 4 is 11.3 Å². The molecule has 1 aromatic rings. The van der Waals surface area contributed by atoms with Gasteiger partial charge in [0.2, 0.25) is 0 Å². The van der Waals surface area contributed by atoms with Gasteiger partial charge in [-0.2, -0.15) is 22.0 Å². The third-order valence-electron chi connectivity index (χ3n) is 2.36. The highest BCUT2D eigenvalue weighted by Crippen LogP contribution is 2.46. The highest BCUT2D eigenvalue weighted by molar-refractivity contribution is 7.12. The molecule has 0 saturated carbocycles. The molecule has 0 spiro atoms. The highest BCUT2D eigenvalue weighted by Gasteiger charge is 2.63. The fourth-order valence-corrected chi connectivity index (χ4v) is 2.33. The van der Waals surface area contributed by atoms with Crippen molar-refractivity contribution in [2.24, 2.45) is 0 Å². The molecule has 1 unspecified atom stereocenters. The average molecular weight is 288 g/mol. The van der Waals surface area contributed by atoms with Gasteiger partial charge in [-0.25, -0.2) is 0 Å². The van der Waals surface area contributed by atoms with E-state index in [1.54, 1.807) is 20.8 Å². The molecular weight excluding hydrogens is 275 g/mol. The number of aliphatic hydroxyl groups excluding tert-OH is 1. The Morgan fingerprint density at radius 1 is 1.06 bits per heavy atom. The van der Waals surface area contributed by atoms with Gasteiger partial charge in [0.25, 0.3) is 0 Å². The van der Waals surface area contributed by atoms with Gasteiger partial charge in [0.15, 0.2) is 6.10 Å². The van der Waals surface area contributed by atoms with E-state index in [2.05, 4.69) is 0 Å². The maximum atomic E-state index is 12.9. The predicted molar refractivity (Wildman–Crippen MR) is 59.0 cm³/mol. The van der Waals surface area contributed by atoms with Gasteiger partial charge in [-0.15, -0.1) is 11.3 Å². The molecule has 1 atom stereocenters. The van der Waals surface area contributed by atoms with Gasteiger partial charge in [-0.05, 0) is 17.5 Å². The summed E-state index contributed by atoms with van der Waals surface area (Å²) in [5, 5.41) is 9.20. The molecule has 0 bridgehead atoms. The van der Waals surface area contributed by atoms with E-state index in [4.69, 9.17) is 0 Å². The topological polar surface area (TPSA) is 20.2 Å². The fraction of sp³-hybridized carbons (Fsp3) is 0.636. The Balaban J connectivity index is 3.06. The molecule has 0 amide bonds. The second-order valence-corrected chi connectivity index (χ2v) is 6.09. The Kier molecular flexibility index (Phi) is 3.80. The van der Waals surface area contributed by atoms with E-state index >= 15 is 0 Å². The largest absolute Gasteiger partial charge is 0.456 e. The Bertz CT molecular complexity index is 416. The van der Waals surface area contributed by atoms with Crippen molar-refractivity contribution in [1.82, 2.24) is 0 Å². The van der Waals surface area contributed by atoms with E-state index in [0.717, 1.165) is 17.4 Å². The summed E-state index contributed by atoms with van der Waals surface area (Å²) < 4.78 is 62.2. The Labute approximate surface area is 105 Å². The van der Waals surface area contributed by atoms with Gasteiger partial charge in [-0.3, -0.25) is 0 Å². The van der Waals surface area contributed by atoms with Crippen LogP contribution in [0.25, 0.3) is 0 Å². The van der Waals surface area contributed by atoms with Crippen molar-refractivity contribution in [3.8, 4) is 0 Å². The van der Waals surface area contributed by atoms with Crippen LogP contribution in [-0.4, -0.2) is 17.2 Å². The zero-order chi connectivity index (χ0) is 14.4. The second-order valence-electron chi connectivity index (χ2n) is 4.98. The summed E-state index contributed by atoms with van der Waals surface area (Å²) in [6.45, 7) is 5.41. The summed E-state index contributed by atoms with van der Waals surface area (Å²) in [7, 11) is 0. The standard InChI is InChI=1S/C11H13F5OS/c1-9(2,3)7-5-4-6(18-7)8(17)10(12,13)11(14,15)16/h4-5,8,17H,1-3H3. The predicted octanol–water partition coefficient (Wildman–Crippen LogP) is 4.28. The van der Waals surface area contributed by atoms with Crippen LogP contribution in [0.15, 0.2) is 12.1 Å². The minimum absolute atomic E-state index is 0.365. The van der Waals surface area contributed by atoms with Crippen molar-refractivity contribution in [2.45, 2.75) is 44.4 Å². The zero-order valence-electron chi connectivity index (χ0n) is 9.98. The van der Waals surface area contributed by atoms with Gasteiger partial charge in [-0.1, -0.05) is 20.8 Å². The quantitative estimate of drug-likeness (QED) is 0.805. The number of halogens is 5. The maximum Gasteiger partial charge on any atom is 0.456 e. The number of aliphatic hydroxyl groups is 1. The number of rotatable bonds is 2. The van der Waals surface area contributed by atoms with E-state index in [-0.39, 0.29) is 10.3 Å². The molecule has 1 nitrogen and oxygen atoms in total. The first-order valence-corrected chi connectivity index (χ1v) is 5.92. The van der Waals surface area contributed by atoms with Gasteiger partial charge < -0.3 is 5.11 Å². The molecule has 1 N–H and O–H groups in total. The summed E-state index contributed by atoms with van der Waals surface area (Å²) >= 11 is 0.761. The molecule has 104 valence electrons. The molecular formula is C11H13F5OS. The van der Waals surface area contributed by atoms with Crippen LogP contribution in [0.4, 0.5) is 22.0 Å². The monoisotopic (exact) mass is 288 g/mol. The second kappa shape index (κ2) is 4.45. The van der Waals surface area contributed by atoms with Crippen LogP contribution in [0.5, 0.6) is 0 Å². The van der Waals surface area contributed by atoms with Gasteiger partial charge >= 0.3 is 12.1 Å². The molecule has 1 aromatic heterocycles. The minimum atomic E-state index is -5.77. The molecule has 0 aromatic carbocycles. The van der Waals surface area contributed by atoms with Crippen molar-refractivity contribution in [1.29, 1.82) is 0 Å². The first-order valence-electron chi connectivity index (χ1n) is 5.10. The van der Waals surface area contributed by atoms with Crippen molar-refractivity contribution < 1.29 is 27.1 Å². The lowest BCUT2D eigenvalue weighted by Gasteiger charge is -2.24. The molecule has 0 aliphatic carbocycles. The lowest BCUT2D eigenvalue weighted by molar-refractivity contribution is -0.314. The van der Waals surface area contributed by atoms with E-state index in [1.165, 1.54) is 6.07 Å². The van der Waals surface area contributed by atoms with Crippen LogP contribution in [0.1, 0.15) is 36.6 Å². The SMILES string of the molecule is CC(C)(C)c1ccc(C(O)C(F)(F)C(F)(F)F)s1. The third-order valence-corrected chi connectivity index (χ3v) is 3.92. The zero-order valence-corrected chi connectivity index (χ0v) is 10.8. The van der Waals surface area contributed by atoms with Crippen LogP contribution >= 0.6 is 11.3 Å². The summed E-state index contributed by atoms with van der Waals surface area (Å²) in [6.07, 6.45) is -8.63. The number of hydrogen-bond donors (Lipinski definition) is 1. The maximum absolute atomic E-state index is 12.9. The molecule has 1 heterocycles. The summed E-state index contributed by atoms with van der Waals surface area (Å²) in [4.78, 5) is 0.247. The molecule has 0 saturated heterocycles. The number of thiophene rings is 1. The molecule has 0 radical (unpaired) electrons. The third kappa shape index (κ3) is 2.83. The van der Waals surface area contributed by atoms with Gasteiger partial charge in [0, 0.05) is 9.75 Å². The van der Waals surface area contributed by atoms with E-state index in [9.17, 15) is 27.1 Å². The van der Waals surface area contributed by atoms with Crippen LogP contribution in [0.2, 0.25) is 0 Å². The fourth-order valence-electron chi connectivity index (χ4n) is 1.24. The van der Waals surface area contributed by atoms with Crippen LogP contribution < -0.4 is 0 Å². The molecule has 7 heteroatoms. The van der Waals surface area contributed by atoms with Crippen molar-refractivity contribution in [2.75, 3.05) is 0 Å². The molecule has 0 fully saturated rings. The van der Waals surface area contributed by atoms with Crippen LogP contribution in [0.3, 0.4) is 0 Å². The van der Waals surface area contributed by atoms with Crippen molar-refractivity contribution in [3.05, 3.63) is 21.9 Å². The summed E-state index contributed by atoms with van der Waals surface area (Å²) in [5.74, 6) is -5.15. The van der Waals surface area contributed by atoms with E-state index in [1.807, 2.05) is 0 Å². The lowest BCUT2D eigenvalue weighted by atomic mass is 9.95. The Morgan fingerprint density at radius 2 is 1.56 bits per heavy atom. The van der Waals surface area contributed by atoms with Gasteiger partial charge in [0.05, 0.1) is 0 Å². The van der Waals surface area contributed by atoms with Crippen molar-refractivity contribution in [3.63, 3.8) is 0 Å². The number of alkyl halides is 5. The van der Waals surface area contributed by atoms with Crippen LogP contribution in [-0.2, 0) is 5.41 Å². The summed E-state index contributed by atoms with van der Waals surface area (Å²) in [6, 6.07) is 2.56.